The molecule has 36 heavy (non-hydrogen) atoms. The molecule has 7 heteroatoms. The molecule has 6 atom stereocenters. The van der Waals surface area contributed by atoms with Gasteiger partial charge in [-0.1, -0.05) is 31.3 Å². The standard InChI is InChI=1S/C29H34N2O4S/c1-16(32)35-24-11-10-20-19-8-9-22-25-23(13-15-28(22,2)21(19)12-14-29(20,24)3)31-27(36-25)30-18-6-4-17(5-7-18)26(33)34/h4-7,9,19-21,24H,8,10-15H2,1-3H3,(H,30,31)(H,33,34)/t19-,20-,21-,24-,28+,29-/m0/s1. The second-order valence-corrected chi connectivity index (χ2v) is 12.7. The SMILES string of the molecule is CC(=O)O[C@H]1CC[C@H]2[C@@H]3CC=C4c5sc(Nc6ccc(C(=O)O)cc6)nc5CC[C@]4(C)[C@H]3CC[C@]12C. The van der Waals surface area contributed by atoms with Gasteiger partial charge in [-0.2, -0.15) is 0 Å². The predicted octanol–water partition coefficient (Wildman–Crippen LogP) is 6.70. The van der Waals surface area contributed by atoms with Gasteiger partial charge in [-0.05, 0) is 98.0 Å². The maximum Gasteiger partial charge on any atom is 0.335 e. The first-order chi connectivity index (χ1) is 17.2. The summed E-state index contributed by atoms with van der Waals surface area (Å²) in [5.41, 5.74) is 4.05. The van der Waals surface area contributed by atoms with Crippen LogP contribution in [0.1, 0.15) is 80.2 Å². The number of carboxylic acid groups (broad SMARTS) is 1. The molecule has 0 saturated heterocycles. The number of aryl methyl sites for hydroxylation is 1. The van der Waals surface area contributed by atoms with E-state index in [0.717, 1.165) is 49.3 Å². The highest BCUT2D eigenvalue weighted by molar-refractivity contribution is 7.16. The quantitative estimate of drug-likeness (QED) is 0.449. The van der Waals surface area contributed by atoms with Gasteiger partial charge in [0.1, 0.15) is 6.10 Å². The molecule has 1 aromatic carbocycles. The summed E-state index contributed by atoms with van der Waals surface area (Å²) in [5, 5.41) is 13.4. The highest BCUT2D eigenvalue weighted by Gasteiger charge is 2.59. The Labute approximate surface area is 216 Å². The van der Waals surface area contributed by atoms with Gasteiger partial charge in [0.2, 0.25) is 0 Å². The maximum atomic E-state index is 11.7. The number of anilines is 2. The van der Waals surface area contributed by atoms with Crippen molar-refractivity contribution in [2.75, 3.05) is 5.32 Å². The van der Waals surface area contributed by atoms with Crippen LogP contribution in [-0.2, 0) is 16.0 Å². The second kappa shape index (κ2) is 8.44. The van der Waals surface area contributed by atoms with Gasteiger partial charge in [0.25, 0.3) is 0 Å². The van der Waals surface area contributed by atoms with E-state index in [9.17, 15) is 9.59 Å². The molecule has 1 heterocycles. The van der Waals surface area contributed by atoms with Crippen molar-refractivity contribution in [1.82, 2.24) is 4.98 Å². The molecule has 6 rings (SSSR count). The summed E-state index contributed by atoms with van der Waals surface area (Å²) in [7, 11) is 0. The molecule has 0 radical (unpaired) electrons. The fourth-order valence-corrected chi connectivity index (χ4v) is 9.30. The second-order valence-electron chi connectivity index (χ2n) is 11.7. The van der Waals surface area contributed by atoms with Crippen LogP contribution in [0.15, 0.2) is 30.3 Å². The molecular weight excluding hydrogens is 472 g/mol. The molecule has 2 fully saturated rings. The number of rotatable bonds is 4. The number of thiazole rings is 1. The van der Waals surface area contributed by atoms with Crippen LogP contribution in [0.3, 0.4) is 0 Å². The van der Waals surface area contributed by atoms with Crippen LogP contribution in [0, 0.1) is 28.6 Å². The highest BCUT2D eigenvalue weighted by atomic mass is 32.1. The van der Waals surface area contributed by atoms with E-state index >= 15 is 0 Å². The van der Waals surface area contributed by atoms with E-state index < -0.39 is 5.97 Å². The monoisotopic (exact) mass is 506 g/mol. The third-order valence-corrected chi connectivity index (χ3v) is 10.9. The molecule has 190 valence electrons. The van der Waals surface area contributed by atoms with Crippen molar-refractivity contribution < 1.29 is 19.4 Å². The van der Waals surface area contributed by atoms with Crippen molar-refractivity contribution >= 4 is 39.7 Å². The Kier molecular flexibility index (Phi) is 5.56. The molecule has 0 amide bonds. The zero-order chi connectivity index (χ0) is 25.2. The number of allylic oxidation sites excluding steroid dienone is 2. The van der Waals surface area contributed by atoms with Crippen molar-refractivity contribution in [3.8, 4) is 0 Å². The Bertz CT molecular complexity index is 1250. The van der Waals surface area contributed by atoms with Crippen LogP contribution in [0.5, 0.6) is 0 Å². The Morgan fingerprint density at radius 1 is 1.11 bits per heavy atom. The molecule has 6 nitrogen and oxygen atoms in total. The lowest BCUT2D eigenvalue weighted by molar-refractivity contribution is -0.156. The smallest absolute Gasteiger partial charge is 0.335 e. The molecule has 0 aliphatic heterocycles. The molecular formula is C29H34N2O4S. The first-order valence-corrected chi connectivity index (χ1v) is 14.0. The number of aromatic carboxylic acids is 1. The predicted molar refractivity (Wildman–Crippen MR) is 140 cm³/mol. The summed E-state index contributed by atoms with van der Waals surface area (Å²) in [4.78, 5) is 29.2. The number of aromatic nitrogens is 1. The topological polar surface area (TPSA) is 88.5 Å². The van der Waals surface area contributed by atoms with Crippen LogP contribution in [0.2, 0.25) is 0 Å². The van der Waals surface area contributed by atoms with Gasteiger partial charge in [0.15, 0.2) is 5.13 Å². The van der Waals surface area contributed by atoms with Crippen molar-refractivity contribution in [2.45, 2.75) is 71.8 Å². The fourth-order valence-electron chi connectivity index (χ4n) is 8.09. The number of fused-ring (bicyclic) bond motifs is 7. The van der Waals surface area contributed by atoms with Gasteiger partial charge in [-0.15, -0.1) is 0 Å². The third kappa shape index (κ3) is 3.61. The van der Waals surface area contributed by atoms with Gasteiger partial charge in [-0.25, -0.2) is 9.78 Å². The minimum absolute atomic E-state index is 0.0665. The average Bonchev–Trinajstić information content (AvgIpc) is 3.39. The van der Waals surface area contributed by atoms with Gasteiger partial charge in [0.05, 0.1) is 16.1 Å². The molecule has 4 aliphatic rings. The Morgan fingerprint density at radius 2 is 1.89 bits per heavy atom. The molecule has 1 aromatic heterocycles. The molecule has 0 spiro atoms. The summed E-state index contributed by atoms with van der Waals surface area (Å²) < 4.78 is 5.81. The molecule has 0 bridgehead atoms. The van der Waals surface area contributed by atoms with E-state index in [1.807, 2.05) is 0 Å². The van der Waals surface area contributed by atoms with Crippen molar-refractivity contribution in [3.63, 3.8) is 0 Å². The number of nitrogens with one attached hydrogen (secondary N) is 1. The largest absolute Gasteiger partial charge is 0.478 e. The zero-order valence-electron chi connectivity index (χ0n) is 21.2. The molecule has 2 N–H and O–H groups in total. The molecule has 4 aliphatic carbocycles. The lowest BCUT2D eigenvalue weighted by atomic mass is 9.48. The number of benzene rings is 1. The summed E-state index contributed by atoms with van der Waals surface area (Å²) >= 11 is 1.73. The lowest BCUT2D eigenvalue weighted by Gasteiger charge is -2.56. The van der Waals surface area contributed by atoms with Crippen LogP contribution >= 0.6 is 11.3 Å². The fraction of sp³-hybridized carbons (Fsp3) is 0.552. The molecule has 2 aromatic rings. The number of carbonyl (C=O) groups excluding carboxylic acids is 1. The maximum absolute atomic E-state index is 11.7. The molecule has 2 saturated carbocycles. The van der Waals surface area contributed by atoms with E-state index in [-0.39, 0.29) is 28.5 Å². The van der Waals surface area contributed by atoms with Gasteiger partial charge in [-0.3, -0.25) is 4.79 Å². The van der Waals surface area contributed by atoms with E-state index in [1.54, 1.807) is 42.5 Å². The zero-order valence-corrected chi connectivity index (χ0v) is 22.0. The van der Waals surface area contributed by atoms with Crippen LogP contribution in [-0.4, -0.2) is 28.1 Å². The van der Waals surface area contributed by atoms with E-state index in [2.05, 4.69) is 25.2 Å². The van der Waals surface area contributed by atoms with Crippen LogP contribution in [0.4, 0.5) is 10.8 Å². The summed E-state index contributed by atoms with van der Waals surface area (Å²) in [6, 6.07) is 6.82. The Morgan fingerprint density at radius 3 is 2.61 bits per heavy atom. The number of esters is 1. The van der Waals surface area contributed by atoms with Gasteiger partial charge >= 0.3 is 11.9 Å². The summed E-state index contributed by atoms with van der Waals surface area (Å²) in [5.74, 6) is 0.855. The van der Waals surface area contributed by atoms with E-state index in [4.69, 9.17) is 14.8 Å². The number of carboxylic acids is 1. The number of carbonyl (C=O) groups is 2. The molecule has 0 unspecified atom stereocenters. The van der Waals surface area contributed by atoms with Crippen molar-refractivity contribution in [1.29, 1.82) is 0 Å². The normalized spacial score (nSPS) is 34.5. The Balaban J connectivity index is 1.26. The summed E-state index contributed by atoms with van der Waals surface area (Å²) in [6.45, 7) is 6.40. The van der Waals surface area contributed by atoms with Gasteiger partial charge in [0, 0.05) is 18.0 Å². The van der Waals surface area contributed by atoms with Crippen molar-refractivity contribution in [3.05, 3.63) is 46.5 Å². The van der Waals surface area contributed by atoms with E-state index in [0.29, 0.717) is 17.8 Å². The van der Waals surface area contributed by atoms with E-state index in [1.165, 1.54) is 22.6 Å². The first kappa shape index (κ1) is 23.7. The average molecular weight is 507 g/mol. The van der Waals surface area contributed by atoms with Crippen molar-refractivity contribution in [2.24, 2.45) is 28.6 Å². The highest BCUT2D eigenvalue weighted by Crippen LogP contribution is 2.66. The number of hydrogen-bond donors (Lipinski definition) is 2. The third-order valence-electron chi connectivity index (χ3n) is 9.89. The first-order valence-electron chi connectivity index (χ1n) is 13.2. The number of ether oxygens (including phenoxy) is 1. The lowest BCUT2D eigenvalue weighted by Crippen LogP contribution is -2.50. The Hall–Kier alpha value is -2.67. The summed E-state index contributed by atoms with van der Waals surface area (Å²) in [6.07, 6.45) is 10.3. The minimum Gasteiger partial charge on any atom is -0.478 e. The van der Waals surface area contributed by atoms with Crippen LogP contribution in [0.25, 0.3) is 5.57 Å². The minimum atomic E-state index is -0.921. The van der Waals surface area contributed by atoms with Crippen LogP contribution < -0.4 is 5.32 Å². The number of hydrogen-bond acceptors (Lipinski definition) is 6. The van der Waals surface area contributed by atoms with Gasteiger partial charge < -0.3 is 15.2 Å². The number of nitrogens with zero attached hydrogens (tertiary/aromatic N) is 1.